The number of hydrogen-bond donors (Lipinski definition) is 1. The molecule has 1 N–H and O–H groups in total. The van der Waals surface area contributed by atoms with Crippen LogP contribution < -0.4 is 4.74 Å². The number of nitrogens with zero attached hydrogens (tertiary/aromatic N) is 2. The second-order valence-electron chi connectivity index (χ2n) is 5.58. The van der Waals surface area contributed by atoms with Gasteiger partial charge in [0.1, 0.15) is 11.5 Å². The van der Waals surface area contributed by atoms with Crippen molar-refractivity contribution in [2.75, 3.05) is 6.61 Å². The minimum Gasteiger partial charge on any atom is -0.490 e. The third-order valence-electron chi connectivity index (χ3n) is 3.53. The Morgan fingerprint density at radius 3 is 2.60 bits per heavy atom. The molecule has 0 aliphatic heterocycles. The van der Waals surface area contributed by atoms with Crippen molar-refractivity contribution in [1.29, 1.82) is 0 Å². The fourth-order valence-electron chi connectivity index (χ4n) is 2.04. The minimum atomic E-state index is -0.108. The number of hydrogen-bond acceptors (Lipinski definition) is 4. The lowest BCUT2D eigenvalue weighted by molar-refractivity contribution is 0.217. The molecule has 1 unspecified atom stereocenters. The van der Waals surface area contributed by atoms with Crippen LogP contribution in [-0.4, -0.2) is 21.7 Å². The second kappa shape index (κ2) is 8.90. The lowest BCUT2D eigenvalue weighted by atomic mass is 10.0. The summed E-state index contributed by atoms with van der Waals surface area (Å²) in [5.41, 5.74) is 0.592. The van der Waals surface area contributed by atoms with Gasteiger partial charge in [0.15, 0.2) is 5.75 Å². The van der Waals surface area contributed by atoms with Crippen molar-refractivity contribution in [3.63, 3.8) is 0 Å². The monoisotopic (exact) mass is 280 g/mol. The molecule has 0 amide bonds. The van der Waals surface area contributed by atoms with E-state index in [0.29, 0.717) is 24.0 Å². The van der Waals surface area contributed by atoms with Crippen LogP contribution in [0, 0.1) is 5.92 Å². The lowest BCUT2D eigenvalue weighted by Gasteiger charge is -2.17. The van der Waals surface area contributed by atoms with Crippen molar-refractivity contribution in [3.8, 4) is 5.75 Å². The van der Waals surface area contributed by atoms with Gasteiger partial charge in [-0.2, -0.15) is 0 Å². The first-order valence-electron chi connectivity index (χ1n) is 7.71. The first kappa shape index (κ1) is 16.9. The van der Waals surface area contributed by atoms with Crippen molar-refractivity contribution in [2.24, 2.45) is 5.92 Å². The molecule has 20 heavy (non-hydrogen) atoms. The van der Waals surface area contributed by atoms with E-state index in [4.69, 9.17) is 4.74 Å². The summed E-state index contributed by atoms with van der Waals surface area (Å²) in [4.78, 5) is 8.68. The number of aliphatic hydroxyl groups is 1. The molecular weight excluding hydrogens is 252 g/mol. The minimum absolute atomic E-state index is 0.108. The maximum atomic E-state index is 9.42. The van der Waals surface area contributed by atoms with E-state index in [2.05, 4.69) is 23.8 Å². The SMILES string of the molecule is CCCCC(CC)COc1cnc(C(C)C)nc1CO. The highest BCUT2D eigenvalue weighted by molar-refractivity contribution is 5.24. The van der Waals surface area contributed by atoms with E-state index in [9.17, 15) is 5.11 Å². The highest BCUT2D eigenvalue weighted by Crippen LogP contribution is 2.21. The van der Waals surface area contributed by atoms with E-state index in [0.717, 1.165) is 12.2 Å². The van der Waals surface area contributed by atoms with Crippen LogP contribution in [-0.2, 0) is 6.61 Å². The highest BCUT2D eigenvalue weighted by atomic mass is 16.5. The standard InChI is InChI=1S/C16H28N2O2/c1-5-7-8-13(6-2)11-20-15-9-17-16(12(3)4)18-14(15)10-19/h9,12-13,19H,5-8,10-11H2,1-4H3. The number of unbranched alkanes of at least 4 members (excludes halogenated alkanes) is 1. The zero-order valence-electron chi connectivity index (χ0n) is 13.2. The van der Waals surface area contributed by atoms with Crippen LogP contribution >= 0.6 is 0 Å². The summed E-state index contributed by atoms with van der Waals surface area (Å²) in [7, 11) is 0. The quantitative estimate of drug-likeness (QED) is 0.749. The largest absolute Gasteiger partial charge is 0.490 e. The Bertz CT molecular complexity index is 394. The Labute approximate surface area is 122 Å². The molecule has 1 rings (SSSR count). The van der Waals surface area contributed by atoms with Gasteiger partial charge in [-0.3, -0.25) is 0 Å². The van der Waals surface area contributed by atoms with Gasteiger partial charge in [-0.25, -0.2) is 9.97 Å². The van der Waals surface area contributed by atoms with E-state index in [1.54, 1.807) is 6.20 Å². The number of rotatable bonds is 9. The first-order chi connectivity index (χ1) is 9.62. The van der Waals surface area contributed by atoms with Crippen molar-refractivity contribution in [1.82, 2.24) is 9.97 Å². The summed E-state index contributed by atoms with van der Waals surface area (Å²) in [5.74, 6) is 2.18. The summed E-state index contributed by atoms with van der Waals surface area (Å²) in [6.07, 6.45) is 6.44. The molecule has 0 fully saturated rings. The Hall–Kier alpha value is -1.16. The summed E-state index contributed by atoms with van der Waals surface area (Å²) in [6.45, 7) is 9.03. The molecule has 1 aromatic rings. The van der Waals surface area contributed by atoms with Gasteiger partial charge in [-0.1, -0.05) is 47.0 Å². The molecule has 1 atom stereocenters. The third kappa shape index (κ3) is 5.08. The maximum absolute atomic E-state index is 9.42. The molecule has 0 aliphatic rings. The normalized spacial score (nSPS) is 12.7. The van der Waals surface area contributed by atoms with E-state index < -0.39 is 0 Å². The molecule has 4 nitrogen and oxygen atoms in total. The van der Waals surface area contributed by atoms with Crippen LogP contribution in [0.4, 0.5) is 0 Å². The smallest absolute Gasteiger partial charge is 0.161 e. The van der Waals surface area contributed by atoms with Crippen LogP contribution in [0.1, 0.15) is 70.8 Å². The van der Waals surface area contributed by atoms with Gasteiger partial charge in [0, 0.05) is 5.92 Å². The van der Waals surface area contributed by atoms with Gasteiger partial charge in [0.05, 0.1) is 19.4 Å². The van der Waals surface area contributed by atoms with E-state index in [-0.39, 0.29) is 12.5 Å². The Morgan fingerprint density at radius 2 is 2.05 bits per heavy atom. The highest BCUT2D eigenvalue weighted by Gasteiger charge is 2.12. The van der Waals surface area contributed by atoms with Crippen LogP contribution in [0.15, 0.2) is 6.20 Å². The van der Waals surface area contributed by atoms with Crippen molar-refractivity contribution < 1.29 is 9.84 Å². The molecule has 0 spiro atoms. The zero-order chi connectivity index (χ0) is 15.0. The van der Waals surface area contributed by atoms with E-state index in [1.807, 2.05) is 13.8 Å². The average molecular weight is 280 g/mol. The van der Waals surface area contributed by atoms with E-state index >= 15 is 0 Å². The molecule has 0 radical (unpaired) electrons. The topological polar surface area (TPSA) is 55.2 Å². The van der Waals surface area contributed by atoms with Gasteiger partial charge in [-0.05, 0) is 12.3 Å². The number of ether oxygens (including phenoxy) is 1. The predicted octanol–water partition coefficient (Wildman–Crippen LogP) is 3.69. The number of aromatic nitrogens is 2. The van der Waals surface area contributed by atoms with Crippen molar-refractivity contribution in [2.45, 2.75) is 65.9 Å². The van der Waals surface area contributed by atoms with Crippen LogP contribution in [0.25, 0.3) is 0 Å². The summed E-state index contributed by atoms with van der Waals surface area (Å²) in [6, 6.07) is 0. The van der Waals surface area contributed by atoms with E-state index in [1.165, 1.54) is 19.3 Å². The molecule has 0 aromatic carbocycles. The van der Waals surface area contributed by atoms with Crippen LogP contribution in [0.5, 0.6) is 5.75 Å². The first-order valence-corrected chi connectivity index (χ1v) is 7.71. The fraction of sp³-hybridized carbons (Fsp3) is 0.750. The molecule has 4 heteroatoms. The second-order valence-corrected chi connectivity index (χ2v) is 5.58. The summed E-state index contributed by atoms with van der Waals surface area (Å²) < 4.78 is 5.83. The summed E-state index contributed by atoms with van der Waals surface area (Å²) in [5, 5.41) is 9.42. The fourth-order valence-corrected chi connectivity index (χ4v) is 2.04. The van der Waals surface area contributed by atoms with Gasteiger partial charge in [0.2, 0.25) is 0 Å². The Kier molecular flexibility index (Phi) is 7.52. The molecule has 1 heterocycles. The Morgan fingerprint density at radius 1 is 1.30 bits per heavy atom. The van der Waals surface area contributed by atoms with Crippen LogP contribution in [0.3, 0.4) is 0 Å². The average Bonchev–Trinajstić information content (AvgIpc) is 2.47. The van der Waals surface area contributed by atoms with Crippen molar-refractivity contribution >= 4 is 0 Å². The van der Waals surface area contributed by atoms with Gasteiger partial charge < -0.3 is 9.84 Å². The predicted molar refractivity (Wildman–Crippen MR) is 80.8 cm³/mol. The molecule has 0 saturated carbocycles. The zero-order valence-corrected chi connectivity index (χ0v) is 13.2. The lowest BCUT2D eigenvalue weighted by Crippen LogP contribution is -2.13. The molecule has 0 bridgehead atoms. The van der Waals surface area contributed by atoms with Gasteiger partial charge in [0.25, 0.3) is 0 Å². The molecule has 0 saturated heterocycles. The molecule has 1 aromatic heterocycles. The Balaban J connectivity index is 2.66. The maximum Gasteiger partial charge on any atom is 0.161 e. The summed E-state index contributed by atoms with van der Waals surface area (Å²) >= 11 is 0. The molecule has 114 valence electrons. The van der Waals surface area contributed by atoms with Crippen molar-refractivity contribution in [3.05, 3.63) is 17.7 Å². The third-order valence-corrected chi connectivity index (χ3v) is 3.53. The van der Waals surface area contributed by atoms with Crippen LogP contribution in [0.2, 0.25) is 0 Å². The number of aliphatic hydroxyl groups excluding tert-OH is 1. The molecule has 0 aliphatic carbocycles. The van der Waals surface area contributed by atoms with Gasteiger partial charge in [-0.15, -0.1) is 0 Å². The molecular formula is C16H28N2O2. The van der Waals surface area contributed by atoms with Gasteiger partial charge >= 0.3 is 0 Å².